The van der Waals surface area contributed by atoms with E-state index in [1.54, 1.807) is 12.4 Å². The van der Waals surface area contributed by atoms with Crippen LogP contribution in [0.3, 0.4) is 0 Å². The number of rotatable bonds is 7. The van der Waals surface area contributed by atoms with Gasteiger partial charge in [0.05, 0.1) is 11.5 Å². The number of nitrogens with zero attached hydrogens (tertiary/aromatic N) is 5. The Morgan fingerprint density at radius 3 is 2.44 bits per heavy atom. The second kappa shape index (κ2) is 10.0. The van der Waals surface area contributed by atoms with E-state index >= 15 is 0 Å². The number of aryl methyl sites for hydroxylation is 1. The molecule has 4 aromatic rings. The number of amides is 1. The Kier molecular flexibility index (Phi) is 6.72. The van der Waals surface area contributed by atoms with E-state index in [0.717, 1.165) is 22.6 Å². The fourth-order valence-corrected chi connectivity index (χ4v) is 3.77. The van der Waals surface area contributed by atoms with Crippen LogP contribution >= 0.6 is 11.8 Å². The highest BCUT2D eigenvalue weighted by atomic mass is 32.2. The highest BCUT2D eigenvalue weighted by Crippen LogP contribution is 2.28. The molecule has 32 heavy (non-hydrogen) atoms. The molecule has 0 bridgehead atoms. The molecule has 0 aliphatic rings. The SMILES string of the molecule is C/C(=N\NC(=O)CSc1nnc(-c2ccccc2)n1-c1ccc(C)cc1)c1ccncc1. The molecule has 2 heterocycles. The summed E-state index contributed by atoms with van der Waals surface area (Å²) in [6, 6.07) is 21.7. The van der Waals surface area contributed by atoms with Crippen LogP contribution in [0.5, 0.6) is 0 Å². The number of benzene rings is 2. The van der Waals surface area contributed by atoms with E-state index in [1.807, 2.05) is 85.1 Å². The Morgan fingerprint density at radius 1 is 1.00 bits per heavy atom. The number of nitrogens with one attached hydrogen (secondary N) is 1. The summed E-state index contributed by atoms with van der Waals surface area (Å²) in [6.45, 7) is 3.88. The van der Waals surface area contributed by atoms with Crippen molar-refractivity contribution in [3.05, 3.63) is 90.3 Å². The predicted octanol–water partition coefficient (Wildman–Crippen LogP) is 4.27. The number of hydrazone groups is 1. The van der Waals surface area contributed by atoms with Crippen LogP contribution < -0.4 is 5.43 Å². The van der Waals surface area contributed by atoms with Crippen molar-refractivity contribution in [1.29, 1.82) is 0 Å². The lowest BCUT2D eigenvalue weighted by atomic mass is 10.2. The van der Waals surface area contributed by atoms with Crippen LogP contribution in [0.2, 0.25) is 0 Å². The molecule has 1 N–H and O–H groups in total. The number of hydrogen-bond donors (Lipinski definition) is 1. The molecule has 0 fully saturated rings. The lowest BCUT2D eigenvalue weighted by Crippen LogP contribution is -2.21. The number of pyridine rings is 1. The smallest absolute Gasteiger partial charge is 0.250 e. The van der Waals surface area contributed by atoms with E-state index in [2.05, 4.69) is 25.7 Å². The van der Waals surface area contributed by atoms with Gasteiger partial charge in [0.25, 0.3) is 5.91 Å². The lowest BCUT2D eigenvalue weighted by Gasteiger charge is -2.10. The molecule has 0 saturated heterocycles. The van der Waals surface area contributed by atoms with Crippen LogP contribution in [0, 0.1) is 6.92 Å². The Morgan fingerprint density at radius 2 is 1.72 bits per heavy atom. The predicted molar refractivity (Wildman–Crippen MR) is 127 cm³/mol. The summed E-state index contributed by atoms with van der Waals surface area (Å²) in [5, 5.41) is 13.6. The summed E-state index contributed by atoms with van der Waals surface area (Å²) < 4.78 is 1.97. The fourth-order valence-electron chi connectivity index (χ4n) is 3.03. The molecule has 0 spiro atoms. The van der Waals surface area contributed by atoms with Crippen molar-refractivity contribution in [3.8, 4) is 17.1 Å². The van der Waals surface area contributed by atoms with Crippen LogP contribution in [0.25, 0.3) is 17.1 Å². The zero-order chi connectivity index (χ0) is 22.3. The summed E-state index contributed by atoms with van der Waals surface area (Å²) in [4.78, 5) is 16.4. The molecule has 0 unspecified atom stereocenters. The van der Waals surface area contributed by atoms with Crippen molar-refractivity contribution in [2.24, 2.45) is 5.10 Å². The number of carbonyl (C=O) groups excluding carboxylic acids is 1. The van der Waals surface area contributed by atoms with Gasteiger partial charge in [-0.2, -0.15) is 5.10 Å². The van der Waals surface area contributed by atoms with Gasteiger partial charge >= 0.3 is 0 Å². The maximum Gasteiger partial charge on any atom is 0.250 e. The Labute approximate surface area is 190 Å². The van der Waals surface area contributed by atoms with Gasteiger partial charge in [0.2, 0.25) is 0 Å². The van der Waals surface area contributed by atoms with Crippen LogP contribution in [-0.4, -0.2) is 37.1 Å². The van der Waals surface area contributed by atoms with Crippen molar-refractivity contribution in [1.82, 2.24) is 25.2 Å². The van der Waals surface area contributed by atoms with Crippen molar-refractivity contribution in [2.75, 3.05) is 5.75 Å². The van der Waals surface area contributed by atoms with E-state index < -0.39 is 0 Å². The molecular formula is C24H22N6OS. The molecule has 0 aliphatic heterocycles. The molecule has 7 nitrogen and oxygen atoms in total. The molecule has 0 saturated carbocycles. The number of hydrogen-bond acceptors (Lipinski definition) is 6. The highest BCUT2D eigenvalue weighted by molar-refractivity contribution is 7.99. The minimum atomic E-state index is -0.219. The van der Waals surface area contributed by atoms with E-state index in [-0.39, 0.29) is 11.7 Å². The monoisotopic (exact) mass is 442 g/mol. The quantitative estimate of drug-likeness (QED) is 0.262. The lowest BCUT2D eigenvalue weighted by molar-refractivity contribution is -0.118. The Bertz CT molecular complexity index is 1220. The minimum Gasteiger partial charge on any atom is -0.272 e. The summed E-state index contributed by atoms with van der Waals surface area (Å²) in [5.41, 5.74) is 7.28. The van der Waals surface area contributed by atoms with E-state index in [9.17, 15) is 4.79 Å². The molecule has 0 atom stereocenters. The van der Waals surface area contributed by atoms with Gasteiger partial charge in [-0.25, -0.2) is 5.43 Å². The van der Waals surface area contributed by atoms with E-state index in [0.29, 0.717) is 10.9 Å². The summed E-state index contributed by atoms with van der Waals surface area (Å²) in [6.07, 6.45) is 3.38. The van der Waals surface area contributed by atoms with Gasteiger partial charge < -0.3 is 0 Å². The fraction of sp³-hybridized carbons (Fsp3) is 0.125. The van der Waals surface area contributed by atoms with Crippen LogP contribution in [0.4, 0.5) is 0 Å². The van der Waals surface area contributed by atoms with Crippen molar-refractivity contribution < 1.29 is 4.79 Å². The number of carbonyl (C=O) groups is 1. The number of thioether (sulfide) groups is 1. The topological polar surface area (TPSA) is 85.1 Å². The van der Waals surface area contributed by atoms with Crippen LogP contribution in [0.15, 0.2) is 89.4 Å². The molecule has 0 radical (unpaired) electrons. The maximum atomic E-state index is 12.4. The molecule has 2 aromatic carbocycles. The third kappa shape index (κ3) is 5.09. The standard InChI is InChI=1S/C24H22N6OS/c1-17-8-10-21(11-9-17)30-23(20-6-4-3-5-7-20)28-29-24(30)32-16-22(31)27-26-18(2)19-12-14-25-15-13-19/h3-15H,16H2,1-2H3,(H,27,31)/b26-18+. The summed E-state index contributed by atoms with van der Waals surface area (Å²) in [5.74, 6) is 0.665. The summed E-state index contributed by atoms with van der Waals surface area (Å²) in [7, 11) is 0. The van der Waals surface area contributed by atoms with Crippen LogP contribution in [0.1, 0.15) is 18.1 Å². The van der Waals surface area contributed by atoms with Gasteiger partial charge in [-0.3, -0.25) is 14.3 Å². The average Bonchev–Trinajstić information content (AvgIpc) is 3.27. The zero-order valence-electron chi connectivity index (χ0n) is 17.8. The molecule has 8 heteroatoms. The molecule has 0 aliphatic carbocycles. The highest BCUT2D eigenvalue weighted by Gasteiger charge is 2.17. The number of aromatic nitrogens is 4. The van der Waals surface area contributed by atoms with E-state index in [1.165, 1.54) is 17.3 Å². The molecule has 4 rings (SSSR count). The van der Waals surface area contributed by atoms with Gasteiger partial charge in [-0.1, -0.05) is 59.8 Å². The Balaban J connectivity index is 1.53. The van der Waals surface area contributed by atoms with Gasteiger partial charge in [0, 0.05) is 29.2 Å². The van der Waals surface area contributed by atoms with E-state index in [4.69, 9.17) is 0 Å². The molecule has 160 valence electrons. The first-order chi connectivity index (χ1) is 15.6. The summed E-state index contributed by atoms with van der Waals surface area (Å²) >= 11 is 1.32. The first kappa shape index (κ1) is 21.5. The minimum absolute atomic E-state index is 0.159. The van der Waals surface area contributed by atoms with Crippen molar-refractivity contribution in [3.63, 3.8) is 0 Å². The average molecular weight is 443 g/mol. The zero-order valence-corrected chi connectivity index (χ0v) is 18.6. The van der Waals surface area contributed by atoms with Crippen molar-refractivity contribution in [2.45, 2.75) is 19.0 Å². The second-order valence-electron chi connectivity index (χ2n) is 7.10. The third-order valence-corrected chi connectivity index (χ3v) is 5.67. The van der Waals surface area contributed by atoms with Crippen LogP contribution in [-0.2, 0) is 4.79 Å². The van der Waals surface area contributed by atoms with Gasteiger partial charge in [-0.15, -0.1) is 10.2 Å². The van der Waals surface area contributed by atoms with Crippen molar-refractivity contribution >= 4 is 23.4 Å². The third-order valence-electron chi connectivity index (χ3n) is 4.74. The molecular weight excluding hydrogens is 420 g/mol. The largest absolute Gasteiger partial charge is 0.272 e. The van der Waals surface area contributed by atoms with Gasteiger partial charge in [0.15, 0.2) is 11.0 Å². The molecule has 1 amide bonds. The van der Waals surface area contributed by atoms with Gasteiger partial charge in [-0.05, 0) is 38.1 Å². The first-order valence-electron chi connectivity index (χ1n) is 10.1. The molecule has 2 aromatic heterocycles. The first-order valence-corrected chi connectivity index (χ1v) is 11.0. The second-order valence-corrected chi connectivity index (χ2v) is 8.04. The maximum absolute atomic E-state index is 12.4. The normalized spacial score (nSPS) is 11.4. The van der Waals surface area contributed by atoms with Gasteiger partial charge in [0.1, 0.15) is 0 Å². The Hall–Kier alpha value is -3.78.